The van der Waals surface area contributed by atoms with Gasteiger partial charge in [0, 0.05) is 28.2 Å². The molecule has 0 bridgehead atoms. The summed E-state index contributed by atoms with van der Waals surface area (Å²) in [6.07, 6.45) is 0. The van der Waals surface area contributed by atoms with E-state index in [1.165, 1.54) is 27.8 Å². The highest BCUT2D eigenvalue weighted by molar-refractivity contribution is 5.92. The second-order valence-corrected chi connectivity index (χ2v) is 13.6. The van der Waals surface area contributed by atoms with Crippen LogP contribution in [-0.4, -0.2) is 4.98 Å². The smallest absolute Gasteiger partial charge is 0.227 e. The molecule has 1 heterocycles. The van der Waals surface area contributed by atoms with Crippen molar-refractivity contribution in [2.24, 2.45) is 0 Å². The lowest BCUT2D eigenvalue weighted by atomic mass is 9.86. The van der Waals surface area contributed by atoms with Crippen molar-refractivity contribution in [2.75, 3.05) is 4.90 Å². The fraction of sp³-hybridized carbons (Fsp3) is 0.0851. The Hall–Kier alpha value is -6.19. The number of fused-ring (bicyclic) bond motifs is 1. The summed E-state index contributed by atoms with van der Waals surface area (Å²) >= 11 is 0. The number of rotatable bonds is 7. The SMILES string of the molecule is CC(C)(C)c1cccc2nc(-c3ccc(-c4ccccc4-c4ccccc4-c4ccc(N(c5ccccc5)c5ccccc5)cc4)cc3)oc12. The third-order valence-corrected chi connectivity index (χ3v) is 9.28. The van der Waals surface area contributed by atoms with E-state index in [9.17, 15) is 0 Å². The van der Waals surface area contributed by atoms with Crippen molar-refractivity contribution in [3.05, 3.63) is 181 Å². The van der Waals surface area contributed by atoms with Gasteiger partial charge in [-0.2, -0.15) is 0 Å². The minimum Gasteiger partial charge on any atom is -0.436 e. The highest BCUT2D eigenvalue weighted by Gasteiger charge is 2.21. The highest BCUT2D eigenvalue weighted by Crippen LogP contribution is 2.41. The second-order valence-electron chi connectivity index (χ2n) is 13.6. The lowest BCUT2D eigenvalue weighted by molar-refractivity contribution is 0.561. The number of para-hydroxylation sites is 3. The van der Waals surface area contributed by atoms with Gasteiger partial charge in [0.25, 0.3) is 0 Å². The number of benzene rings is 7. The van der Waals surface area contributed by atoms with Crippen molar-refractivity contribution in [1.29, 1.82) is 0 Å². The summed E-state index contributed by atoms with van der Waals surface area (Å²) in [5.74, 6) is 0.642. The van der Waals surface area contributed by atoms with Crippen LogP contribution >= 0.6 is 0 Å². The summed E-state index contributed by atoms with van der Waals surface area (Å²) in [7, 11) is 0. The number of aromatic nitrogens is 1. The summed E-state index contributed by atoms with van der Waals surface area (Å²) in [5.41, 5.74) is 14.2. The molecule has 1 aromatic heterocycles. The van der Waals surface area contributed by atoms with Crippen molar-refractivity contribution in [1.82, 2.24) is 4.98 Å². The maximum atomic E-state index is 6.37. The van der Waals surface area contributed by atoms with Crippen molar-refractivity contribution in [3.63, 3.8) is 0 Å². The number of nitrogens with zero attached hydrogens (tertiary/aromatic N) is 2. The van der Waals surface area contributed by atoms with Crippen molar-refractivity contribution >= 4 is 28.2 Å². The van der Waals surface area contributed by atoms with Crippen LogP contribution in [0.2, 0.25) is 0 Å². The summed E-state index contributed by atoms with van der Waals surface area (Å²) < 4.78 is 6.37. The van der Waals surface area contributed by atoms with Gasteiger partial charge in [0.1, 0.15) is 5.52 Å². The van der Waals surface area contributed by atoms with E-state index in [4.69, 9.17) is 9.40 Å². The normalized spacial score (nSPS) is 11.5. The van der Waals surface area contributed by atoms with Gasteiger partial charge in [0.15, 0.2) is 5.58 Å². The minimum atomic E-state index is -0.0348. The molecule has 0 unspecified atom stereocenters. The molecule has 0 radical (unpaired) electrons. The molecule has 0 aliphatic carbocycles. The molecule has 0 saturated heterocycles. The standard InChI is InChI=1S/C47H38N2O/c1-47(2,3)43-23-14-24-44-45(43)50-46(48-44)35-27-25-33(26-28-35)39-19-10-12-21-41(39)42-22-13-11-20-40(42)34-29-31-38(32-30-34)49(36-15-6-4-7-16-36)37-17-8-5-9-18-37/h4-32H,1-3H3. The zero-order chi connectivity index (χ0) is 34.1. The first kappa shape index (κ1) is 31.1. The Morgan fingerprint density at radius 3 is 1.38 bits per heavy atom. The van der Waals surface area contributed by atoms with Gasteiger partial charge in [0.2, 0.25) is 5.89 Å². The van der Waals surface area contributed by atoms with Crippen LogP contribution in [0.1, 0.15) is 26.3 Å². The average molecular weight is 647 g/mol. The van der Waals surface area contributed by atoms with E-state index in [0.717, 1.165) is 44.9 Å². The molecule has 0 spiro atoms. The van der Waals surface area contributed by atoms with Crippen molar-refractivity contribution in [3.8, 4) is 44.8 Å². The summed E-state index contributed by atoms with van der Waals surface area (Å²) in [4.78, 5) is 7.14. The van der Waals surface area contributed by atoms with Gasteiger partial charge in [-0.1, -0.05) is 142 Å². The first-order valence-electron chi connectivity index (χ1n) is 17.1. The number of hydrogen-bond acceptors (Lipinski definition) is 3. The highest BCUT2D eigenvalue weighted by atomic mass is 16.3. The molecule has 3 nitrogen and oxygen atoms in total. The van der Waals surface area contributed by atoms with Crippen LogP contribution in [0.15, 0.2) is 180 Å². The van der Waals surface area contributed by atoms with E-state index >= 15 is 0 Å². The maximum absolute atomic E-state index is 6.37. The van der Waals surface area contributed by atoms with Crippen LogP contribution in [0.25, 0.3) is 55.9 Å². The Balaban J connectivity index is 1.13. The van der Waals surface area contributed by atoms with Gasteiger partial charge in [-0.3, -0.25) is 0 Å². The van der Waals surface area contributed by atoms with Gasteiger partial charge in [0.05, 0.1) is 0 Å². The van der Waals surface area contributed by atoms with Gasteiger partial charge in [-0.25, -0.2) is 4.98 Å². The monoisotopic (exact) mass is 646 g/mol. The second kappa shape index (κ2) is 13.0. The van der Waals surface area contributed by atoms with Crippen LogP contribution in [0.5, 0.6) is 0 Å². The van der Waals surface area contributed by atoms with E-state index in [-0.39, 0.29) is 5.41 Å². The Bertz CT molecular complexity index is 2340. The van der Waals surface area contributed by atoms with Gasteiger partial charge >= 0.3 is 0 Å². The molecule has 7 aromatic carbocycles. The minimum absolute atomic E-state index is 0.0348. The number of hydrogen-bond donors (Lipinski definition) is 0. The molecule has 3 heteroatoms. The van der Waals surface area contributed by atoms with Crippen LogP contribution in [0.3, 0.4) is 0 Å². The molecule has 0 amide bonds. The van der Waals surface area contributed by atoms with E-state index in [2.05, 4.69) is 196 Å². The largest absolute Gasteiger partial charge is 0.436 e. The molecule has 50 heavy (non-hydrogen) atoms. The zero-order valence-electron chi connectivity index (χ0n) is 28.5. The average Bonchev–Trinajstić information content (AvgIpc) is 3.61. The maximum Gasteiger partial charge on any atom is 0.227 e. The fourth-order valence-electron chi connectivity index (χ4n) is 6.79. The van der Waals surface area contributed by atoms with Crippen molar-refractivity contribution in [2.45, 2.75) is 26.2 Å². The Labute approximate surface area is 294 Å². The predicted octanol–water partition coefficient (Wildman–Crippen LogP) is 13.3. The third kappa shape index (κ3) is 5.99. The van der Waals surface area contributed by atoms with Crippen molar-refractivity contribution < 1.29 is 4.42 Å². The summed E-state index contributed by atoms with van der Waals surface area (Å²) in [5, 5.41) is 0. The number of anilines is 3. The Morgan fingerprint density at radius 2 is 0.860 bits per heavy atom. The topological polar surface area (TPSA) is 29.3 Å². The molecule has 0 atom stereocenters. The molecule has 8 rings (SSSR count). The molecular formula is C47H38N2O. The van der Waals surface area contributed by atoms with E-state index in [1.54, 1.807) is 0 Å². The van der Waals surface area contributed by atoms with Gasteiger partial charge in [-0.15, -0.1) is 0 Å². The van der Waals surface area contributed by atoms with E-state index < -0.39 is 0 Å². The van der Waals surface area contributed by atoms with E-state index in [0.29, 0.717) is 5.89 Å². The molecular weight excluding hydrogens is 609 g/mol. The molecule has 0 fully saturated rings. The summed E-state index contributed by atoms with van der Waals surface area (Å²) in [6.45, 7) is 6.61. The van der Waals surface area contributed by atoms with Crippen LogP contribution < -0.4 is 4.90 Å². The van der Waals surface area contributed by atoms with Crippen LogP contribution in [0.4, 0.5) is 17.1 Å². The molecule has 0 saturated carbocycles. The molecule has 0 aliphatic rings. The molecule has 8 aromatic rings. The lowest BCUT2D eigenvalue weighted by Crippen LogP contribution is -2.10. The van der Waals surface area contributed by atoms with Crippen LogP contribution in [-0.2, 0) is 5.41 Å². The van der Waals surface area contributed by atoms with E-state index in [1.807, 2.05) is 6.07 Å². The van der Waals surface area contributed by atoms with Crippen LogP contribution in [0, 0.1) is 0 Å². The fourth-order valence-corrected chi connectivity index (χ4v) is 6.79. The first-order valence-corrected chi connectivity index (χ1v) is 17.1. The number of oxazole rings is 1. The predicted molar refractivity (Wildman–Crippen MR) is 209 cm³/mol. The Morgan fingerprint density at radius 1 is 0.420 bits per heavy atom. The zero-order valence-corrected chi connectivity index (χ0v) is 28.5. The summed E-state index contributed by atoms with van der Waals surface area (Å²) in [6, 6.07) is 62.1. The molecule has 0 N–H and O–H groups in total. The lowest BCUT2D eigenvalue weighted by Gasteiger charge is -2.25. The first-order chi connectivity index (χ1) is 24.4. The molecule has 0 aliphatic heterocycles. The quantitative estimate of drug-likeness (QED) is 0.173. The van der Waals surface area contributed by atoms with Gasteiger partial charge in [-0.05, 0) is 93.4 Å². The third-order valence-electron chi connectivity index (χ3n) is 9.28. The molecule has 242 valence electrons. The van der Waals surface area contributed by atoms with Gasteiger partial charge < -0.3 is 9.32 Å². The Kier molecular flexibility index (Phi) is 8.10.